The topological polar surface area (TPSA) is 77.5 Å². The average molecular weight is 402 g/mol. The SMILES string of the molecule is Cc1ccc(-c2nc(CCNC(=O)c3occc3COc3ccccc3)co2)cc1. The molecule has 0 saturated carbocycles. The molecule has 0 aliphatic carbocycles. The van der Waals surface area contributed by atoms with Gasteiger partial charge in [0.15, 0.2) is 5.76 Å². The zero-order chi connectivity index (χ0) is 20.8. The number of nitrogens with zero attached hydrogens (tertiary/aromatic N) is 1. The van der Waals surface area contributed by atoms with Crippen LogP contribution in [0.3, 0.4) is 0 Å². The molecule has 0 aliphatic heterocycles. The summed E-state index contributed by atoms with van der Waals surface area (Å²) in [6, 6.07) is 19.2. The van der Waals surface area contributed by atoms with Gasteiger partial charge in [0.05, 0.1) is 12.0 Å². The lowest BCUT2D eigenvalue weighted by Crippen LogP contribution is -2.26. The Balaban J connectivity index is 1.29. The average Bonchev–Trinajstić information content (AvgIpc) is 3.43. The fourth-order valence-corrected chi connectivity index (χ4v) is 2.96. The first-order chi connectivity index (χ1) is 14.7. The molecule has 6 heteroatoms. The maximum atomic E-state index is 12.5. The molecule has 2 aromatic heterocycles. The Morgan fingerprint density at radius 2 is 1.83 bits per heavy atom. The van der Waals surface area contributed by atoms with Gasteiger partial charge in [-0.05, 0) is 37.3 Å². The lowest BCUT2D eigenvalue weighted by atomic mass is 10.1. The minimum Gasteiger partial charge on any atom is -0.489 e. The first kappa shape index (κ1) is 19.5. The first-order valence-electron chi connectivity index (χ1n) is 9.73. The Kier molecular flexibility index (Phi) is 5.94. The van der Waals surface area contributed by atoms with E-state index in [2.05, 4.69) is 10.3 Å². The molecule has 6 nitrogen and oxygen atoms in total. The van der Waals surface area contributed by atoms with Crippen molar-refractivity contribution in [2.24, 2.45) is 0 Å². The van der Waals surface area contributed by atoms with Crippen LogP contribution in [0.4, 0.5) is 0 Å². The molecule has 4 aromatic rings. The molecule has 0 unspecified atom stereocenters. The third-order valence-electron chi connectivity index (χ3n) is 4.61. The van der Waals surface area contributed by atoms with Gasteiger partial charge in [-0.2, -0.15) is 0 Å². The molecule has 0 aliphatic rings. The highest BCUT2D eigenvalue weighted by molar-refractivity contribution is 5.92. The van der Waals surface area contributed by atoms with Crippen molar-refractivity contribution in [2.45, 2.75) is 20.0 Å². The summed E-state index contributed by atoms with van der Waals surface area (Å²) in [4.78, 5) is 17.0. The number of furan rings is 1. The number of carbonyl (C=O) groups is 1. The molecule has 1 amide bonds. The largest absolute Gasteiger partial charge is 0.489 e. The van der Waals surface area contributed by atoms with E-state index in [1.165, 1.54) is 11.8 Å². The van der Waals surface area contributed by atoms with Crippen LogP contribution in [0.25, 0.3) is 11.5 Å². The van der Waals surface area contributed by atoms with Gasteiger partial charge in [0, 0.05) is 24.1 Å². The third-order valence-corrected chi connectivity index (χ3v) is 4.61. The van der Waals surface area contributed by atoms with Gasteiger partial charge in [-0.25, -0.2) is 4.98 Å². The molecule has 0 atom stereocenters. The zero-order valence-electron chi connectivity index (χ0n) is 16.6. The lowest BCUT2D eigenvalue weighted by molar-refractivity contribution is 0.0923. The van der Waals surface area contributed by atoms with Crippen LogP contribution in [0, 0.1) is 6.92 Å². The Labute approximate surface area is 174 Å². The molecule has 152 valence electrons. The molecule has 0 saturated heterocycles. The van der Waals surface area contributed by atoms with E-state index in [1.54, 1.807) is 12.3 Å². The molecule has 0 fully saturated rings. The molecular formula is C24H22N2O4. The quantitative estimate of drug-likeness (QED) is 0.458. The standard InChI is InChI=1S/C24H22N2O4/c1-17-7-9-18(10-8-17)24-26-20(16-30-24)11-13-25-23(27)22-19(12-14-28-22)15-29-21-5-3-2-4-6-21/h2-10,12,14,16H,11,13,15H2,1H3,(H,25,27). The summed E-state index contributed by atoms with van der Waals surface area (Å²) in [5.74, 6) is 1.28. The Morgan fingerprint density at radius 1 is 1.03 bits per heavy atom. The number of rotatable bonds is 8. The van der Waals surface area contributed by atoms with Crippen molar-refractivity contribution in [2.75, 3.05) is 6.54 Å². The van der Waals surface area contributed by atoms with Crippen molar-refractivity contribution >= 4 is 5.91 Å². The smallest absolute Gasteiger partial charge is 0.287 e. The second kappa shape index (κ2) is 9.13. The van der Waals surface area contributed by atoms with Gasteiger partial charge in [-0.15, -0.1) is 0 Å². The molecule has 1 N–H and O–H groups in total. The van der Waals surface area contributed by atoms with Crippen LogP contribution in [-0.2, 0) is 13.0 Å². The second-order valence-electron chi connectivity index (χ2n) is 6.89. The van der Waals surface area contributed by atoms with Gasteiger partial charge in [0.2, 0.25) is 5.89 Å². The number of amides is 1. The minimum atomic E-state index is -0.283. The van der Waals surface area contributed by atoms with Crippen LogP contribution in [0.15, 0.2) is 82.0 Å². The van der Waals surface area contributed by atoms with E-state index < -0.39 is 0 Å². The van der Waals surface area contributed by atoms with E-state index in [-0.39, 0.29) is 18.3 Å². The van der Waals surface area contributed by atoms with Crippen LogP contribution in [0.1, 0.15) is 27.4 Å². The molecule has 0 spiro atoms. The number of hydrogen-bond donors (Lipinski definition) is 1. The number of hydrogen-bond acceptors (Lipinski definition) is 5. The van der Waals surface area contributed by atoms with Crippen LogP contribution >= 0.6 is 0 Å². The monoisotopic (exact) mass is 402 g/mol. The van der Waals surface area contributed by atoms with Gasteiger partial charge in [0.25, 0.3) is 5.91 Å². The van der Waals surface area contributed by atoms with Crippen LogP contribution in [-0.4, -0.2) is 17.4 Å². The van der Waals surface area contributed by atoms with Gasteiger partial charge in [0.1, 0.15) is 18.6 Å². The van der Waals surface area contributed by atoms with Crippen LogP contribution < -0.4 is 10.1 Å². The van der Waals surface area contributed by atoms with Crippen molar-refractivity contribution in [3.8, 4) is 17.2 Å². The number of aromatic nitrogens is 1. The first-order valence-corrected chi connectivity index (χ1v) is 9.73. The van der Waals surface area contributed by atoms with Crippen molar-refractivity contribution in [1.82, 2.24) is 10.3 Å². The molecule has 30 heavy (non-hydrogen) atoms. The molecule has 0 radical (unpaired) electrons. The molecule has 4 rings (SSSR count). The number of benzene rings is 2. The summed E-state index contributed by atoms with van der Waals surface area (Å²) in [7, 11) is 0. The fraction of sp³-hybridized carbons (Fsp3) is 0.167. The normalized spacial score (nSPS) is 10.7. The van der Waals surface area contributed by atoms with Crippen molar-refractivity contribution < 1.29 is 18.4 Å². The van der Waals surface area contributed by atoms with Gasteiger partial charge in [-0.1, -0.05) is 35.9 Å². The highest BCUT2D eigenvalue weighted by Gasteiger charge is 2.16. The number of carbonyl (C=O) groups excluding carboxylic acids is 1. The van der Waals surface area contributed by atoms with E-state index in [9.17, 15) is 4.79 Å². The summed E-state index contributed by atoms with van der Waals surface area (Å²) in [5.41, 5.74) is 3.58. The Morgan fingerprint density at radius 3 is 2.63 bits per heavy atom. The van der Waals surface area contributed by atoms with E-state index in [0.29, 0.717) is 24.4 Å². The highest BCUT2D eigenvalue weighted by atomic mass is 16.5. The predicted molar refractivity (Wildman–Crippen MR) is 112 cm³/mol. The Hall–Kier alpha value is -3.80. The highest BCUT2D eigenvalue weighted by Crippen LogP contribution is 2.19. The molecular weight excluding hydrogens is 380 g/mol. The maximum Gasteiger partial charge on any atom is 0.287 e. The summed E-state index contributed by atoms with van der Waals surface area (Å²) in [6.07, 6.45) is 3.66. The van der Waals surface area contributed by atoms with Gasteiger partial charge >= 0.3 is 0 Å². The van der Waals surface area contributed by atoms with Crippen LogP contribution in [0.2, 0.25) is 0 Å². The maximum absolute atomic E-state index is 12.5. The minimum absolute atomic E-state index is 0.256. The summed E-state index contributed by atoms with van der Waals surface area (Å²) >= 11 is 0. The van der Waals surface area contributed by atoms with E-state index in [0.717, 1.165) is 17.0 Å². The molecule has 2 aromatic carbocycles. The number of ether oxygens (including phenoxy) is 1. The van der Waals surface area contributed by atoms with Crippen molar-refractivity contribution in [3.05, 3.63) is 95.8 Å². The number of aryl methyl sites for hydroxylation is 1. The zero-order valence-corrected chi connectivity index (χ0v) is 16.6. The number of para-hydroxylation sites is 1. The fourth-order valence-electron chi connectivity index (χ4n) is 2.96. The third kappa shape index (κ3) is 4.78. The number of oxazole rings is 1. The number of nitrogens with one attached hydrogen (secondary N) is 1. The molecule has 2 heterocycles. The van der Waals surface area contributed by atoms with Crippen molar-refractivity contribution in [1.29, 1.82) is 0 Å². The van der Waals surface area contributed by atoms with E-state index >= 15 is 0 Å². The lowest BCUT2D eigenvalue weighted by Gasteiger charge is -2.06. The van der Waals surface area contributed by atoms with Gasteiger partial charge < -0.3 is 18.9 Å². The summed E-state index contributed by atoms with van der Waals surface area (Å²) in [6.45, 7) is 2.70. The van der Waals surface area contributed by atoms with Crippen LogP contribution in [0.5, 0.6) is 5.75 Å². The van der Waals surface area contributed by atoms with E-state index in [4.69, 9.17) is 13.6 Å². The summed E-state index contributed by atoms with van der Waals surface area (Å²) < 4.78 is 16.6. The van der Waals surface area contributed by atoms with E-state index in [1.807, 2.05) is 61.5 Å². The second-order valence-corrected chi connectivity index (χ2v) is 6.89. The molecule has 0 bridgehead atoms. The summed E-state index contributed by atoms with van der Waals surface area (Å²) in [5, 5.41) is 2.86. The predicted octanol–water partition coefficient (Wildman–Crippen LogP) is 4.79. The van der Waals surface area contributed by atoms with Gasteiger partial charge in [-0.3, -0.25) is 4.79 Å². The Bertz CT molecular complexity index is 1100. The van der Waals surface area contributed by atoms with Crippen molar-refractivity contribution in [3.63, 3.8) is 0 Å².